The van der Waals surface area contributed by atoms with E-state index in [9.17, 15) is 8.78 Å². The molecule has 3 fully saturated rings. The van der Waals surface area contributed by atoms with E-state index >= 15 is 0 Å². The van der Waals surface area contributed by atoms with Crippen LogP contribution in [0.2, 0.25) is 0 Å². The molecule has 7 nitrogen and oxygen atoms in total. The van der Waals surface area contributed by atoms with Crippen molar-refractivity contribution < 1.29 is 22.8 Å². The second kappa shape index (κ2) is 8.94. The summed E-state index contributed by atoms with van der Waals surface area (Å²) >= 11 is 0. The predicted molar refractivity (Wildman–Crippen MR) is 120 cm³/mol. The van der Waals surface area contributed by atoms with Crippen molar-refractivity contribution in [3.63, 3.8) is 0 Å². The number of para-hydroxylation sites is 1. The maximum absolute atomic E-state index is 13.0. The molecule has 0 spiro atoms. The quantitative estimate of drug-likeness (QED) is 0.443. The number of alkyl halides is 2. The Morgan fingerprint density at radius 3 is 2.53 bits per heavy atom. The Labute approximate surface area is 196 Å². The molecule has 2 aliphatic heterocycles. The summed E-state index contributed by atoms with van der Waals surface area (Å²) in [5, 5.41) is 12.6. The van der Waals surface area contributed by atoms with Crippen molar-refractivity contribution in [1.82, 2.24) is 15.4 Å². The standard InChI is InChI=1S/C25H26F2N4O3/c26-25(27)33-21-5-2-1-4-19(21)23-20(24(34-30-23)15-7-8-15)14-32-18-12-16-9-10-17(13-18)31(16)22-6-3-11-28-29-22/h1-6,11,15-18,25H,7-10,12-14H2. The van der Waals surface area contributed by atoms with E-state index in [1.807, 2.05) is 12.1 Å². The molecule has 0 amide bonds. The highest BCUT2D eigenvalue weighted by Crippen LogP contribution is 2.46. The van der Waals surface area contributed by atoms with Gasteiger partial charge in [-0.25, -0.2) is 0 Å². The van der Waals surface area contributed by atoms with Crippen LogP contribution in [-0.4, -0.2) is 40.2 Å². The van der Waals surface area contributed by atoms with E-state index in [4.69, 9.17) is 14.0 Å². The molecule has 2 bridgehead atoms. The van der Waals surface area contributed by atoms with Gasteiger partial charge in [-0.3, -0.25) is 0 Å². The molecule has 0 radical (unpaired) electrons. The minimum atomic E-state index is -2.91. The van der Waals surface area contributed by atoms with E-state index in [1.165, 1.54) is 6.07 Å². The summed E-state index contributed by atoms with van der Waals surface area (Å²) in [5.74, 6) is 2.14. The van der Waals surface area contributed by atoms with Crippen LogP contribution >= 0.6 is 0 Å². The van der Waals surface area contributed by atoms with Crippen molar-refractivity contribution in [2.45, 2.75) is 75.8 Å². The van der Waals surface area contributed by atoms with Crippen molar-refractivity contribution in [3.8, 4) is 17.0 Å². The van der Waals surface area contributed by atoms with Crippen molar-refractivity contribution >= 4 is 5.82 Å². The predicted octanol–water partition coefficient (Wildman–Crippen LogP) is 5.33. The van der Waals surface area contributed by atoms with Gasteiger partial charge in [-0.15, -0.1) is 5.10 Å². The maximum atomic E-state index is 13.0. The molecule has 34 heavy (non-hydrogen) atoms. The largest absolute Gasteiger partial charge is 0.434 e. The van der Waals surface area contributed by atoms with Gasteiger partial charge in [0.15, 0.2) is 5.82 Å². The number of piperidine rings is 1. The third-order valence-corrected chi connectivity index (χ3v) is 7.10. The first-order valence-corrected chi connectivity index (χ1v) is 11.9. The second-order valence-corrected chi connectivity index (χ2v) is 9.30. The van der Waals surface area contributed by atoms with Crippen molar-refractivity contribution in [2.75, 3.05) is 4.90 Å². The van der Waals surface area contributed by atoms with Crippen LogP contribution in [-0.2, 0) is 11.3 Å². The molecule has 0 N–H and O–H groups in total. The van der Waals surface area contributed by atoms with Crippen molar-refractivity contribution in [1.29, 1.82) is 0 Å². The molecule has 2 aromatic heterocycles. The van der Waals surface area contributed by atoms with Crippen LogP contribution in [0.1, 0.15) is 55.8 Å². The number of fused-ring (bicyclic) bond motifs is 2. The molecule has 3 aliphatic rings. The van der Waals surface area contributed by atoms with Gasteiger partial charge in [0.25, 0.3) is 0 Å². The van der Waals surface area contributed by atoms with Gasteiger partial charge in [0.2, 0.25) is 0 Å². The summed E-state index contributed by atoms with van der Waals surface area (Å²) in [7, 11) is 0. The van der Waals surface area contributed by atoms with E-state index in [0.717, 1.165) is 55.7 Å². The number of rotatable bonds is 8. The zero-order valence-corrected chi connectivity index (χ0v) is 18.6. The smallest absolute Gasteiger partial charge is 0.387 e. The SMILES string of the molecule is FC(F)Oc1ccccc1-c1noc(C2CC2)c1COC1CC2CCC(C1)N2c1cccnn1. The summed E-state index contributed by atoms with van der Waals surface area (Å²) in [6.07, 6.45) is 7.94. The van der Waals surface area contributed by atoms with Gasteiger partial charge in [0, 0.05) is 35.3 Å². The Bertz CT molecular complexity index is 1120. The topological polar surface area (TPSA) is 73.5 Å². The molecule has 1 saturated carbocycles. The monoisotopic (exact) mass is 468 g/mol. The zero-order chi connectivity index (χ0) is 23.1. The van der Waals surface area contributed by atoms with Gasteiger partial charge >= 0.3 is 6.61 Å². The number of benzene rings is 1. The number of halogens is 2. The molecule has 2 unspecified atom stereocenters. The summed E-state index contributed by atoms with van der Waals surface area (Å²) in [6.45, 7) is -2.58. The van der Waals surface area contributed by atoms with E-state index in [-0.39, 0.29) is 11.9 Å². The summed E-state index contributed by atoms with van der Waals surface area (Å²) in [5.41, 5.74) is 1.87. The van der Waals surface area contributed by atoms with Gasteiger partial charge in [0.05, 0.1) is 12.7 Å². The Hall–Kier alpha value is -3.07. The lowest BCUT2D eigenvalue weighted by molar-refractivity contribution is -0.0494. The Balaban J connectivity index is 1.21. The first-order chi connectivity index (χ1) is 16.7. The number of nitrogens with zero attached hydrogens (tertiary/aromatic N) is 4. The number of hydrogen-bond acceptors (Lipinski definition) is 7. The first-order valence-electron chi connectivity index (χ1n) is 11.9. The molecule has 1 aromatic carbocycles. The lowest BCUT2D eigenvalue weighted by Crippen LogP contribution is -2.46. The molecule has 3 aromatic rings. The van der Waals surface area contributed by atoms with Gasteiger partial charge < -0.3 is 18.9 Å². The Morgan fingerprint density at radius 2 is 1.82 bits per heavy atom. The number of ether oxygens (including phenoxy) is 2. The average Bonchev–Trinajstić information content (AvgIpc) is 3.55. The first kappa shape index (κ1) is 21.5. The molecule has 4 heterocycles. The van der Waals surface area contributed by atoms with E-state index in [2.05, 4.69) is 20.3 Å². The highest BCUT2D eigenvalue weighted by Gasteiger charge is 2.42. The van der Waals surface area contributed by atoms with E-state index < -0.39 is 6.61 Å². The molecular formula is C25H26F2N4O3. The fourth-order valence-corrected chi connectivity index (χ4v) is 5.47. The zero-order valence-electron chi connectivity index (χ0n) is 18.6. The van der Waals surface area contributed by atoms with Crippen LogP contribution in [0, 0.1) is 0 Å². The van der Waals surface area contributed by atoms with Crippen LogP contribution in [0.25, 0.3) is 11.3 Å². The minimum absolute atomic E-state index is 0.0877. The summed E-state index contributed by atoms with van der Waals surface area (Å²) in [6, 6.07) is 11.4. The van der Waals surface area contributed by atoms with Crippen LogP contribution < -0.4 is 9.64 Å². The molecule has 2 saturated heterocycles. The maximum Gasteiger partial charge on any atom is 0.387 e. The van der Waals surface area contributed by atoms with Crippen molar-refractivity contribution in [3.05, 3.63) is 53.9 Å². The van der Waals surface area contributed by atoms with Crippen LogP contribution in [0.4, 0.5) is 14.6 Å². The van der Waals surface area contributed by atoms with Crippen LogP contribution in [0.5, 0.6) is 5.75 Å². The van der Waals surface area contributed by atoms with Crippen LogP contribution in [0.3, 0.4) is 0 Å². The lowest BCUT2D eigenvalue weighted by atomic mass is 9.99. The van der Waals surface area contributed by atoms with Gasteiger partial charge in [-0.05, 0) is 62.8 Å². The Kier molecular flexibility index (Phi) is 5.64. The van der Waals surface area contributed by atoms with E-state index in [1.54, 1.807) is 24.4 Å². The number of anilines is 1. The molecular weight excluding hydrogens is 442 g/mol. The fourth-order valence-electron chi connectivity index (χ4n) is 5.47. The molecule has 9 heteroatoms. The third-order valence-electron chi connectivity index (χ3n) is 7.10. The fraction of sp³-hybridized carbons (Fsp3) is 0.480. The van der Waals surface area contributed by atoms with Gasteiger partial charge in [0.1, 0.15) is 17.2 Å². The number of aromatic nitrogens is 3. The summed E-state index contributed by atoms with van der Waals surface area (Å²) in [4.78, 5) is 2.39. The lowest BCUT2D eigenvalue weighted by Gasteiger charge is -2.39. The molecule has 6 rings (SSSR count). The molecule has 1 aliphatic carbocycles. The normalized spacial score (nSPS) is 24.1. The van der Waals surface area contributed by atoms with Gasteiger partial charge in [-0.1, -0.05) is 17.3 Å². The van der Waals surface area contributed by atoms with E-state index in [0.29, 0.717) is 35.9 Å². The third kappa shape index (κ3) is 4.13. The molecule has 178 valence electrons. The van der Waals surface area contributed by atoms with Crippen LogP contribution in [0.15, 0.2) is 47.1 Å². The summed E-state index contributed by atoms with van der Waals surface area (Å²) < 4.78 is 42.9. The van der Waals surface area contributed by atoms with Gasteiger partial charge in [-0.2, -0.15) is 13.9 Å². The second-order valence-electron chi connectivity index (χ2n) is 9.30. The minimum Gasteiger partial charge on any atom is -0.434 e. The average molecular weight is 469 g/mol. The molecule has 2 atom stereocenters. The highest BCUT2D eigenvalue weighted by atomic mass is 19.3. The highest BCUT2D eigenvalue weighted by molar-refractivity contribution is 5.70. The van der Waals surface area contributed by atoms with Crippen molar-refractivity contribution in [2.24, 2.45) is 0 Å². The number of hydrogen-bond donors (Lipinski definition) is 0. The Morgan fingerprint density at radius 1 is 1.03 bits per heavy atom.